The summed E-state index contributed by atoms with van der Waals surface area (Å²) in [5, 5.41) is 11.6. The van der Waals surface area contributed by atoms with Crippen LogP contribution in [0.4, 0.5) is 0 Å². The molecular formula is C49H40N6O3. The van der Waals surface area contributed by atoms with Crippen LogP contribution in [0.3, 0.4) is 0 Å². The first kappa shape index (κ1) is 36.6. The average Bonchev–Trinajstić information content (AvgIpc) is 4.20. The molecule has 0 radical (unpaired) electrons. The van der Waals surface area contributed by atoms with Crippen molar-refractivity contribution in [1.82, 2.24) is 29.9 Å². The van der Waals surface area contributed by atoms with Crippen LogP contribution >= 0.6 is 0 Å². The number of carboxylic acid groups (broad SMARTS) is 1. The van der Waals surface area contributed by atoms with Gasteiger partial charge in [-0.05, 0) is 91.0 Å². The molecule has 10 rings (SSSR count). The van der Waals surface area contributed by atoms with E-state index in [4.69, 9.17) is 0 Å². The number of carbonyl (C=O) groups is 2. The molecule has 4 aromatic heterocycles. The Hall–Kier alpha value is -7.00. The van der Waals surface area contributed by atoms with Crippen LogP contribution < -0.4 is 0 Å². The molecule has 8 aromatic rings. The van der Waals surface area contributed by atoms with Crippen molar-refractivity contribution in [3.63, 3.8) is 0 Å². The van der Waals surface area contributed by atoms with E-state index in [2.05, 4.69) is 60.2 Å². The van der Waals surface area contributed by atoms with Crippen LogP contribution in [0.1, 0.15) is 98.8 Å². The first-order chi connectivity index (χ1) is 28.4. The normalized spacial score (nSPS) is 13.5. The van der Waals surface area contributed by atoms with Crippen molar-refractivity contribution in [2.75, 3.05) is 0 Å². The first-order valence-electron chi connectivity index (χ1n) is 19.7. The van der Waals surface area contributed by atoms with Crippen LogP contribution in [0.25, 0.3) is 44.3 Å². The van der Waals surface area contributed by atoms with Crippen LogP contribution in [0.5, 0.6) is 0 Å². The molecule has 2 aliphatic carbocycles. The highest BCUT2D eigenvalue weighted by Crippen LogP contribution is 2.41. The highest BCUT2D eigenvalue weighted by Gasteiger charge is 2.27. The summed E-state index contributed by atoms with van der Waals surface area (Å²) in [7, 11) is 0. The third-order valence-electron chi connectivity index (χ3n) is 10.9. The van der Waals surface area contributed by atoms with Crippen molar-refractivity contribution in [3.8, 4) is 22.5 Å². The number of rotatable bonds is 10. The molecule has 284 valence electrons. The van der Waals surface area contributed by atoms with Gasteiger partial charge in [-0.1, -0.05) is 84.9 Å². The lowest BCUT2D eigenvalue weighted by Crippen LogP contribution is -2.07. The maximum Gasteiger partial charge on any atom is 0.337 e. The molecule has 1 N–H and O–H groups in total. The summed E-state index contributed by atoms with van der Waals surface area (Å²) in [5.41, 5.74) is 12.4. The summed E-state index contributed by atoms with van der Waals surface area (Å²) in [6.07, 6.45) is 12.7. The van der Waals surface area contributed by atoms with Gasteiger partial charge in [-0.25, -0.2) is 24.7 Å². The van der Waals surface area contributed by atoms with Crippen LogP contribution in [-0.4, -0.2) is 46.8 Å². The van der Waals surface area contributed by atoms with Crippen molar-refractivity contribution in [2.45, 2.75) is 57.3 Å². The van der Waals surface area contributed by atoms with E-state index in [1.54, 1.807) is 25.6 Å². The minimum Gasteiger partial charge on any atom is -0.478 e. The Kier molecular flexibility index (Phi) is 10.0. The molecule has 0 bridgehead atoms. The van der Waals surface area contributed by atoms with Gasteiger partial charge in [-0.15, -0.1) is 0 Å². The molecule has 0 amide bonds. The third-order valence-corrected chi connectivity index (χ3v) is 10.9. The smallest absolute Gasteiger partial charge is 0.337 e. The number of benzene rings is 4. The summed E-state index contributed by atoms with van der Waals surface area (Å²) >= 11 is 0. The van der Waals surface area contributed by atoms with Gasteiger partial charge in [0.25, 0.3) is 0 Å². The average molecular weight is 761 g/mol. The summed E-state index contributed by atoms with van der Waals surface area (Å²) in [5.74, 6) is 0.209. The van der Waals surface area contributed by atoms with Crippen LogP contribution in [-0.2, 0) is 12.8 Å². The fourth-order valence-electron chi connectivity index (χ4n) is 7.53. The van der Waals surface area contributed by atoms with E-state index in [1.807, 2.05) is 85.2 Å². The molecule has 9 nitrogen and oxygen atoms in total. The largest absolute Gasteiger partial charge is 0.478 e. The molecule has 58 heavy (non-hydrogen) atoms. The van der Waals surface area contributed by atoms with E-state index < -0.39 is 5.97 Å². The van der Waals surface area contributed by atoms with E-state index in [0.29, 0.717) is 35.9 Å². The zero-order chi connectivity index (χ0) is 39.6. The highest BCUT2D eigenvalue weighted by molar-refractivity contribution is 5.96. The Labute approximate surface area is 336 Å². The zero-order valence-electron chi connectivity index (χ0n) is 32.0. The standard InChI is InChI=1S/C25H21N3O.C24H19N3O2/c1-16(29)22-13-20(18-8-9-18)14-26-24(22)12-17-7-10-21-23(11-17)27-15-28-25(21)19-5-3-2-4-6-19;28-24(29)20-12-18(16-7-8-16)13-25-22(20)11-15-6-9-19-21(10-15)26-14-27-23(19)17-4-2-1-3-5-17/h2-7,10-11,13-15,18H,8-9,12H2,1H3;1-6,9-10,12-14,16H,7-8,11H2,(H,28,29). The van der Waals surface area contributed by atoms with E-state index >= 15 is 0 Å². The summed E-state index contributed by atoms with van der Waals surface area (Å²) < 4.78 is 0. The van der Waals surface area contributed by atoms with E-state index in [1.165, 1.54) is 18.4 Å². The number of nitrogens with zero attached hydrogens (tertiary/aromatic N) is 6. The first-order valence-corrected chi connectivity index (χ1v) is 19.7. The van der Waals surface area contributed by atoms with Crippen molar-refractivity contribution >= 4 is 33.6 Å². The fraction of sp³-hybridized carbons (Fsp3) is 0.184. The molecule has 0 aliphatic heterocycles. The topological polar surface area (TPSA) is 132 Å². The Balaban J connectivity index is 0.000000150. The summed E-state index contributed by atoms with van der Waals surface area (Å²) in [6, 6.07) is 36.2. The van der Waals surface area contributed by atoms with Gasteiger partial charge >= 0.3 is 5.97 Å². The van der Waals surface area contributed by atoms with Crippen molar-refractivity contribution < 1.29 is 14.7 Å². The van der Waals surface area contributed by atoms with Crippen LogP contribution in [0, 0.1) is 0 Å². The number of Topliss-reactive ketones (excluding diaryl/α,β-unsaturated/α-hetero) is 1. The minimum absolute atomic E-state index is 0.0736. The maximum absolute atomic E-state index is 12.2. The molecule has 0 unspecified atom stereocenters. The van der Waals surface area contributed by atoms with Gasteiger partial charge in [0.1, 0.15) is 12.7 Å². The monoisotopic (exact) mass is 760 g/mol. The van der Waals surface area contributed by atoms with Crippen molar-refractivity contribution in [3.05, 3.63) is 179 Å². The second-order valence-electron chi connectivity index (χ2n) is 15.2. The summed E-state index contributed by atoms with van der Waals surface area (Å²) in [6.45, 7) is 1.62. The molecule has 0 saturated heterocycles. The number of fused-ring (bicyclic) bond motifs is 2. The Morgan fingerprint density at radius 1 is 0.552 bits per heavy atom. The van der Waals surface area contributed by atoms with Gasteiger partial charge in [0.15, 0.2) is 5.78 Å². The van der Waals surface area contributed by atoms with Crippen LogP contribution in [0.2, 0.25) is 0 Å². The molecule has 2 saturated carbocycles. The van der Waals surface area contributed by atoms with Crippen molar-refractivity contribution in [1.29, 1.82) is 0 Å². The van der Waals surface area contributed by atoms with Gasteiger partial charge in [0.2, 0.25) is 0 Å². The number of aromatic carboxylic acids is 1. The number of aromatic nitrogens is 6. The fourth-order valence-corrected chi connectivity index (χ4v) is 7.53. The lowest BCUT2D eigenvalue weighted by Gasteiger charge is -2.10. The number of pyridine rings is 2. The van der Waals surface area contributed by atoms with E-state index in [0.717, 1.165) is 85.1 Å². The molecule has 2 aliphatic rings. The number of hydrogen-bond donors (Lipinski definition) is 1. The van der Waals surface area contributed by atoms with Crippen molar-refractivity contribution in [2.24, 2.45) is 0 Å². The quantitative estimate of drug-likeness (QED) is 0.135. The van der Waals surface area contributed by atoms with Gasteiger partial charge in [0.05, 0.1) is 39.4 Å². The van der Waals surface area contributed by atoms with Gasteiger partial charge in [-0.2, -0.15) is 0 Å². The number of ketones is 1. The summed E-state index contributed by atoms with van der Waals surface area (Å²) in [4.78, 5) is 51.0. The Morgan fingerprint density at radius 2 is 1.00 bits per heavy atom. The van der Waals surface area contributed by atoms with Gasteiger partial charge in [-0.3, -0.25) is 14.8 Å². The predicted molar refractivity (Wildman–Crippen MR) is 225 cm³/mol. The molecule has 4 heterocycles. The van der Waals surface area contributed by atoms with Crippen LogP contribution in [0.15, 0.2) is 134 Å². The number of carbonyl (C=O) groups excluding carboxylic acids is 1. The molecule has 4 aromatic carbocycles. The molecule has 0 atom stereocenters. The SMILES string of the molecule is CC(=O)c1cc(C2CC2)cnc1Cc1ccc2c(-c3ccccc3)ncnc2c1.O=C(O)c1cc(C2CC2)cnc1Cc1ccc2c(-c3ccccc3)ncnc2c1. The Bertz CT molecular complexity index is 2630. The zero-order valence-corrected chi connectivity index (χ0v) is 32.0. The molecule has 0 spiro atoms. The second kappa shape index (κ2) is 15.9. The molecule has 9 heteroatoms. The van der Waals surface area contributed by atoms with Gasteiger partial charge in [0, 0.05) is 52.7 Å². The number of carboxylic acids is 1. The minimum atomic E-state index is -0.926. The Morgan fingerprint density at radius 3 is 1.43 bits per heavy atom. The van der Waals surface area contributed by atoms with Gasteiger partial charge < -0.3 is 5.11 Å². The third kappa shape index (κ3) is 7.97. The molecular weight excluding hydrogens is 721 g/mol. The van der Waals surface area contributed by atoms with E-state index in [9.17, 15) is 14.7 Å². The van der Waals surface area contributed by atoms with E-state index in [-0.39, 0.29) is 5.78 Å². The maximum atomic E-state index is 12.2. The number of hydrogen-bond acceptors (Lipinski definition) is 8. The highest BCUT2D eigenvalue weighted by atomic mass is 16.4. The lowest BCUT2D eigenvalue weighted by molar-refractivity contribution is 0.0695. The lowest BCUT2D eigenvalue weighted by atomic mass is 9.98. The predicted octanol–water partition coefficient (Wildman–Crippen LogP) is 10.2. The second-order valence-corrected chi connectivity index (χ2v) is 15.2. The molecule has 2 fully saturated rings.